The second kappa shape index (κ2) is 6.10. The molecule has 3 rings (SSSR count). The van der Waals surface area contributed by atoms with Crippen LogP contribution in [0.25, 0.3) is 0 Å². The number of halogens is 1. The molecule has 21 heavy (non-hydrogen) atoms. The second-order valence-electron chi connectivity index (χ2n) is 5.72. The molecule has 6 heteroatoms. The first-order chi connectivity index (χ1) is 10.1. The molecule has 0 radical (unpaired) electrons. The van der Waals surface area contributed by atoms with Gasteiger partial charge in [0.1, 0.15) is 5.82 Å². The predicted molar refractivity (Wildman–Crippen MR) is 82.3 cm³/mol. The molecule has 1 saturated heterocycles. The SMILES string of the molecule is O=C(O)N1CCc2cc(Cl)c(N3CCCCC3)nc2CC1. The Bertz CT molecular complexity index is 544. The molecule has 0 spiro atoms. The summed E-state index contributed by atoms with van der Waals surface area (Å²) in [6, 6.07) is 1.99. The molecule has 1 fully saturated rings. The number of hydrogen-bond acceptors (Lipinski definition) is 3. The number of aromatic nitrogens is 1. The third-order valence-corrected chi connectivity index (χ3v) is 4.60. The van der Waals surface area contributed by atoms with Crippen molar-refractivity contribution in [3.63, 3.8) is 0 Å². The van der Waals surface area contributed by atoms with Crippen LogP contribution >= 0.6 is 11.6 Å². The van der Waals surface area contributed by atoms with Gasteiger partial charge in [-0.25, -0.2) is 9.78 Å². The summed E-state index contributed by atoms with van der Waals surface area (Å²) in [6.45, 7) is 3.04. The summed E-state index contributed by atoms with van der Waals surface area (Å²) >= 11 is 6.41. The first-order valence-corrected chi connectivity index (χ1v) is 7.94. The van der Waals surface area contributed by atoms with Crippen LogP contribution in [0.3, 0.4) is 0 Å². The molecular weight excluding hydrogens is 290 g/mol. The highest BCUT2D eigenvalue weighted by Gasteiger charge is 2.22. The summed E-state index contributed by atoms with van der Waals surface area (Å²) in [6.07, 6.45) is 4.13. The van der Waals surface area contributed by atoms with Crippen LogP contribution in [-0.2, 0) is 12.8 Å². The Balaban J connectivity index is 1.85. The molecule has 0 bridgehead atoms. The topological polar surface area (TPSA) is 56.7 Å². The van der Waals surface area contributed by atoms with Crippen molar-refractivity contribution in [3.05, 3.63) is 22.3 Å². The highest BCUT2D eigenvalue weighted by atomic mass is 35.5. The number of piperidine rings is 1. The Hall–Kier alpha value is -1.49. The fourth-order valence-electron chi connectivity index (χ4n) is 3.11. The molecule has 0 saturated carbocycles. The van der Waals surface area contributed by atoms with E-state index in [1.165, 1.54) is 24.2 Å². The minimum Gasteiger partial charge on any atom is -0.465 e. The van der Waals surface area contributed by atoms with Crippen LogP contribution in [0.15, 0.2) is 6.07 Å². The molecule has 1 amide bonds. The number of rotatable bonds is 1. The van der Waals surface area contributed by atoms with Crippen molar-refractivity contribution in [2.45, 2.75) is 32.1 Å². The van der Waals surface area contributed by atoms with Gasteiger partial charge in [-0.15, -0.1) is 0 Å². The van der Waals surface area contributed by atoms with E-state index >= 15 is 0 Å². The Morgan fingerprint density at radius 2 is 1.86 bits per heavy atom. The van der Waals surface area contributed by atoms with Crippen LogP contribution in [0.2, 0.25) is 5.02 Å². The van der Waals surface area contributed by atoms with Crippen molar-refractivity contribution in [3.8, 4) is 0 Å². The van der Waals surface area contributed by atoms with Crippen LogP contribution in [0.4, 0.5) is 10.6 Å². The summed E-state index contributed by atoms with van der Waals surface area (Å²) < 4.78 is 0. The fourth-order valence-corrected chi connectivity index (χ4v) is 3.41. The van der Waals surface area contributed by atoms with Crippen LogP contribution in [0.1, 0.15) is 30.5 Å². The van der Waals surface area contributed by atoms with Crippen LogP contribution in [-0.4, -0.2) is 47.3 Å². The lowest BCUT2D eigenvalue weighted by molar-refractivity contribution is 0.147. The molecule has 0 aromatic carbocycles. The van der Waals surface area contributed by atoms with Gasteiger partial charge < -0.3 is 14.9 Å². The maximum absolute atomic E-state index is 11.1. The highest BCUT2D eigenvalue weighted by Crippen LogP contribution is 2.29. The normalized spacial score (nSPS) is 19.1. The third kappa shape index (κ3) is 3.07. The maximum Gasteiger partial charge on any atom is 0.407 e. The Kier molecular flexibility index (Phi) is 4.19. The minimum atomic E-state index is -0.856. The molecule has 0 aliphatic carbocycles. The maximum atomic E-state index is 11.1. The van der Waals surface area contributed by atoms with Crippen molar-refractivity contribution in [2.24, 2.45) is 0 Å². The molecule has 1 aromatic heterocycles. The van der Waals surface area contributed by atoms with Crippen molar-refractivity contribution in [1.29, 1.82) is 0 Å². The molecule has 1 aromatic rings. The summed E-state index contributed by atoms with van der Waals surface area (Å²) in [7, 11) is 0. The average Bonchev–Trinajstić information content (AvgIpc) is 2.69. The van der Waals surface area contributed by atoms with E-state index in [0.717, 1.165) is 30.2 Å². The number of anilines is 1. The van der Waals surface area contributed by atoms with Gasteiger partial charge in [-0.1, -0.05) is 11.6 Å². The van der Waals surface area contributed by atoms with Crippen molar-refractivity contribution in [1.82, 2.24) is 9.88 Å². The second-order valence-corrected chi connectivity index (χ2v) is 6.12. The van der Waals surface area contributed by atoms with Gasteiger partial charge in [0.05, 0.1) is 5.02 Å². The Labute approximate surface area is 129 Å². The van der Waals surface area contributed by atoms with E-state index in [2.05, 4.69) is 4.90 Å². The summed E-state index contributed by atoms with van der Waals surface area (Å²) in [4.78, 5) is 19.6. The zero-order valence-corrected chi connectivity index (χ0v) is 12.8. The zero-order chi connectivity index (χ0) is 14.8. The summed E-state index contributed by atoms with van der Waals surface area (Å²) in [5.74, 6) is 0.874. The highest BCUT2D eigenvalue weighted by molar-refractivity contribution is 6.33. The Morgan fingerprint density at radius 1 is 1.14 bits per heavy atom. The van der Waals surface area contributed by atoms with Crippen LogP contribution in [0, 0.1) is 0 Å². The molecule has 114 valence electrons. The van der Waals surface area contributed by atoms with E-state index < -0.39 is 6.09 Å². The number of nitrogens with zero attached hydrogens (tertiary/aromatic N) is 3. The third-order valence-electron chi connectivity index (χ3n) is 4.32. The molecule has 0 atom stereocenters. The minimum absolute atomic E-state index is 0.510. The van der Waals surface area contributed by atoms with Gasteiger partial charge in [-0.2, -0.15) is 0 Å². The van der Waals surface area contributed by atoms with Crippen molar-refractivity contribution < 1.29 is 9.90 Å². The molecular formula is C15H20ClN3O2. The van der Waals surface area contributed by atoms with Gasteiger partial charge in [-0.05, 0) is 37.3 Å². The fraction of sp³-hybridized carbons (Fsp3) is 0.600. The van der Waals surface area contributed by atoms with E-state index in [1.54, 1.807) is 0 Å². The lowest BCUT2D eigenvalue weighted by Gasteiger charge is -2.29. The van der Waals surface area contributed by atoms with E-state index in [0.29, 0.717) is 31.0 Å². The molecule has 1 N–H and O–H groups in total. The number of carboxylic acid groups (broad SMARTS) is 1. The van der Waals surface area contributed by atoms with Gasteiger partial charge in [0.2, 0.25) is 0 Å². The van der Waals surface area contributed by atoms with E-state index in [9.17, 15) is 4.79 Å². The molecule has 0 unspecified atom stereocenters. The largest absolute Gasteiger partial charge is 0.465 e. The van der Waals surface area contributed by atoms with Gasteiger partial charge in [-0.3, -0.25) is 0 Å². The van der Waals surface area contributed by atoms with Gasteiger partial charge in [0.15, 0.2) is 0 Å². The predicted octanol–water partition coefficient (Wildman–Crippen LogP) is 2.80. The number of amides is 1. The molecule has 2 aliphatic heterocycles. The van der Waals surface area contributed by atoms with Crippen molar-refractivity contribution in [2.75, 3.05) is 31.1 Å². The quantitative estimate of drug-likeness (QED) is 0.866. The average molecular weight is 310 g/mol. The number of pyridine rings is 1. The zero-order valence-electron chi connectivity index (χ0n) is 12.0. The first kappa shape index (κ1) is 14.4. The van der Waals surface area contributed by atoms with Gasteiger partial charge >= 0.3 is 6.09 Å². The lowest BCUT2D eigenvalue weighted by atomic mass is 10.1. The smallest absolute Gasteiger partial charge is 0.407 e. The van der Waals surface area contributed by atoms with Crippen LogP contribution < -0.4 is 4.90 Å². The Morgan fingerprint density at radius 3 is 2.57 bits per heavy atom. The lowest BCUT2D eigenvalue weighted by Crippen LogP contribution is -2.31. The summed E-state index contributed by atoms with van der Waals surface area (Å²) in [5, 5.41) is 9.82. The van der Waals surface area contributed by atoms with Crippen LogP contribution in [0.5, 0.6) is 0 Å². The first-order valence-electron chi connectivity index (χ1n) is 7.56. The van der Waals surface area contributed by atoms with E-state index in [4.69, 9.17) is 21.7 Å². The summed E-state index contributed by atoms with van der Waals surface area (Å²) in [5.41, 5.74) is 2.09. The molecule has 5 nitrogen and oxygen atoms in total. The standard InChI is InChI=1S/C15H20ClN3O2/c16-12-10-11-4-8-19(15(20)21)9-5-13(11)17-14(12)18-6-2-1-3-7-18/h10H,1-9H2,(H,20,21). The molecule has 3 heterocycles. The number of fused-ring (bicyclic) bond motifs is 1. The number of hydrogen-bond donors (Lipinski definition) is 1. The monoisotopic (exact) mass is 309 g/mol. The molecule has 2 aliphatic rings. The van der Waals surface area contributed by atoms with E-state index in [1.807, 2.05) is 6.07 Å². The van der Waals surface area contributed by atoms with Crippen molar-refractivity contribution >= 4 is 23.5 Å². The van der Waals surface area contributed by atoms with E-state index in [-0.39, 0.29) is 0 Å². The van der Waals surface area contributed by atoms with Gasteiger partial charge in [0.25, 0.3) is 0 Å². The van der Waals surface area contributed by atoms with Gasteiger partial charge in [0, 0.05) is 38.3 Å². The number of carbonyl (C=O) groups is 1.